The Morgan fingerprint density at radius 3 is 3.00 bits per heavy atom. The summed E-state index contributed by atoms with van der Waals surface area (Å²) in [5.74, 6) is 1.55. The molecule has 1 aromatic carbocycles. The first kappa shape index (κ1) is 15.7. The SMILES string of the molecule is O=C(c1cc(C2CC2)[nH]n1)N1CCCC2(C=Cc3ccccc3O2)CC1. The second-order valence-corrected chi connectivity index (χ2v) is 7.67. The lowest BCUT2D eigenvalue weighted by Crippen LogP contribution is -2.38. The Morgan fingerprint density at radius 1 is 1.23 bits per heavy atom. The molecule has 5 nitrogen and oxygen atoms in total. The number of aromatic amines is 1. The van der Waals surface area contributed by atoms with Gasteiger partial charge in [-0.05, 0) is 43.9 Å². The van der Waals surface area contributed by atoms with Crippen LogP contribution in [0.4, 0.5) is 0 Å². The normalized spacial score (nSPS) is 24.8. The summed E-state index contributed by atoms with van der Waals surface area (Å²) < 4.78 is 6.37. The number of rotatable bonds is 2. The number of nitrogens with zero attached hydrogens (tertiary/aromatic N) is 2. The number of para-hydroxylation sites is 1. The fourth-order valence-corrected chi connectivity index (χ4v) is 4.02. The third-order valence-corrected chi connectivity index (χ3v) is 5.75. The first-order chi connectivity index (χ1) is 12.7. The van der Waals surface area contributed by atoms with Gasteiger partial charge in [-0.1, -0.05) is 24.3 Å². The molecule has 3 aliphatic rings. The van der Waals surface area contributed by atoms with Crippen molar-refractivity contribution in [2.75, 3.05) is 13.1 Å². The molecule has 1 saturated heterocycles. The molecular formula is C21H23N3O2. The molecule has 2 aliphatic heterocycles. The maximum atomic E-state index is 12.9. The third kappa shape index (κ3) is 2.81. The lowest BCUT2D eigenvalue weighted by molar-refractivity contribution is 0.0725. The van der Waals surface area contributed by atoms with Gasteiger partial charge in [-0.15, -0.1) is 0 Å². The van der Waals surface area contributed by atoms with E-state index in [0.29, 0.717) is 18.2 Å². The van der Waals surface area contributed by atoms with Gasteiger partial charge in [0.2, 0.25) is 0 Å². The highest BCUT2D eigenvalue weighted by molar-refractivity contribution is 5.92. The molecule has 1 aliphatic carbocycles. The minimum Gasteiger partial charge on any atom is -0.483 e. The van der Waals surface area contributed by atoms with Crippen molar-refractivity contribution in [3.63, 3.8) is 0 Å². The zero-order valence-corrected chi connectivity index (χ0v) is 14.8. The maximum Gasteiger partial charge on any atom is 0.274 e. The molecule has 2 fully saturated rings. The van der Waals surface area contributed by atoms with Crippen LogP contribution >= 0.6 is 0 Å². The van der Waals surface area contributed by atoms with Crippen molar-refractivity contribution in [1.82, 2.24) is 15.1 Å². The second-order valence-electron chi connectivity index (χ2n) is 7.67. The highest BCUT2D eigenvalue weighted by atomic mass is 16.5. The lowest BCUT2D eigenvalue weighted by Gasteiger charge is -2.34. The van der Waals surface area contributed by atoms with Gasteiger partial charge in [0.15, 0.2) is 0 Å². The van der Waals surface area contributed by atoms with E-state index < -0.39 is 0 Å². The minimum atomic E-state index is -0.297. The number of hydrogen-bond acceptors (Lipinski definition) is 3. The monoisotopic (exact) mass is 349 g/mol. The number of nitrogens with one attached hydrogen (secondary N) is 1. The van der Waals surface area contributed by atoms with Crippen LogP contribution in [-0.4, -0.2) is 39.7 Å². The molecule has 26 heavy (non-hydrogen) atoms. The van der Waals surface area contributed by atoms with Crippen LogP contribution in [0.2, 0.25) is 0 Å². The standard InChI is InChI=1S/C21H23N3O2/c25-20(18-14-17(22-23-18)15-6-7-15)24-12-3-9-21(11-13-24)10-8-16-4-1-2-5-19(16)26-21/h1-2,4-5,8,10,14-15H,3,6-7,9,11-13H2,(H,22,23). The summed E-state index contributed by atoms with van der Waals surface area (Å²) in [4.78, 5) is 14.8. The Balaban J connectivity index is 1.30. The van der Waals surface area contributed by atoms with Gasteiger partial charge < -0.3 is 9.64 Å². The number of H-pyrrole nitrogens is 1. The Kier molecular flexibility index (Phi) is 3.62. The molecule has 1 atom stereocenters. The molecule has 2 aromatic rings. The second kappa shape index (κ2) is 6.01. The summed E-state index contributed by atoms with van der Waals surface area (Å²) in [6.07, 6.45) is 9.41. The highest BCUT2D eigenvalue weighted by Gasteiger charge is 2.36. The molecule has 0 bridgehead atoms. The molecule has 134 valence electrons. The molecule has 1 amide bonds. The van der Waals surface area contributed by atoms with Crippen LogP contribution in [0.1, 0.15) is 59.8 Å². The van der Waals surface area contributed by atoms with Crippen LogP contribution < -0.4 is 4.74 Å². The predicted octanol–water partition coefficient (Wildman–Crippen LogP) is 3.76. The maximum absolute atomic E-state index is 12.9. The van der Waals surface area contributed by atoms with E-state index in [1.165, 1.54) is 12.8 Å². The van der Waals surface area contributed by atoms with Crippen molar-refractivity contribution in [2.24, 2.45) is 0 Å². The summed E-state index contributed by atoms with van der Waals surface area (Å²) in [6, 6.07) is 10.1. The molecule has 3 heterocycles. The number of hydrogen-bond donors (Lipinski definition) is 1. The first-order valence-electron chi connectivity index (χ1n) is 9.54. The number of carbonyl (C=O) groups excluding carboxylic acids is 1. The zero-order chi connectivity index (χ0) is 17.6. The van der Waals surface area contributed by atoms with Gasteiger partial charge in [0, 0.05) is 36.7 Å². The summed E-state index contributed by atoms with van der Waals surface area (Å²) in [6.45, 7) is 1.45. The molecule has 1 aromatic heterocycles. The number of amides is 1. The van der Waals surface area contributed by atoms with Gasteiger partial charge >= 0.3 is 0 Å². The van der Waals surface area contributed by atoms with E-state index in [2.05, 4.69) is 28.4 Å². The van der Waals surface area contributed by atoms with E-state index in [4.69, 9.17) is 4.74 Å². The number of fused-ring (bicyclic) bond motifs is 1. The quantitative estimate of drug-likeness (QED) is 0.898. The van der Waals surface area contributed by atoms with Gasteiger partial charge in [-0.3, -0.25) is 9.89 Å². The van der Waals surface area contributed by atoms with Crippen LogP contribution in [-0.2, 0) is 0 Å². The van der Waals surface area contributed by atoms with Gasteiger partial charge in [-0.25, -0.2) is 0 Å². The van der Waals surface area contributed by atoms with Gasteiger partial charge in [0.25, 0.3) is 5.91 Å². The third-order valence-electron chi connectivity index (χ3n) is 5.75. The van der Waals surface area contributed by atoms with Crippen LogP contribution in [0.15, 0.2) is 36.4 Å². The van der Waals surface area contributed by atoms with E-state index in [1.54, 1.807) is 0 Å². The summed E-state index contributed by atoms with van der Waals surface area (Å²) in [5, 5.41) is 7.29. The molecule has 1 spiro atoms. The van der Waals surface area contributed by atoms with Crippen molar-refractivity contribution in [1.29, 1.82) is 0 Å². The smallest absolute Gasteiger partial charge is 0.274 e. The Hall–Kier alpha value is -2.56. The zero-order valence-electron chi connectivity index (χ0n) is 14.8. The van der Waals surface area contributed by atoms with Crippen LogP contribution in [0, 0.1) is 0 Å². The van der Waals surface area contributed by atoms with Crippen molar-refractivity contribution in [3.05, 3.63) is 53.4 Å². The summed E-state index contributed by atoms with van der Waals surface area (Å²) >= 11 is 0. The average Bonchev–Trinajstić information content (AvgIpc) is 3.44. The number of likely N-dealkylation sites (tertiary alicyclic amines) is 1. The number of carbonyl (C=O) groups is 1. The topological polar surface area (TPSA) is 58.2 Å². The number of ether oxygens (including phenoxy) is 1. The summed E-state index contributed by atoms with van der Waals surface area (Å²) in [5.41, 5.74) is 2.48. The van der Waals surface area contributed by atoms with Crippen molar-refractivity contribution in [2.45, 2.75) is 43.6 Å². The van der Waals surface area contributed by atoms with Crippen molar-refractivity contribution < 1.29 is 9.53 Å². The van der Waals surface area contributed by atoms with Crippen molar-refractivity contribution >= 4 is 12.0 Å². The molecule has 0 radical (unpaired) electrons. The molecule has 1 saturated carbocycles. The fraction of sp³-hybridized carbons (Fsp3) is 0.429. The van der Waals surface area contributed by atoms with Crippen molar-refractivity contribution in [3.8, 4) is 5.75 Å². The van der Waals surface area contributed by atoms with E-state index in [-0.39, 0.29) is 11.5 Å². The predicted molar refractivity (Wildman–Crippen MR) is 99.2 cm³/mol. The number of benzene rings is 1. The van der Waals surface area contributed by atoms with E-state index in [0.717, 1.165) is 42.8 Å². The molecule has 5 heteroatoms. The van der Waals surface area contributed by atoms with E-state index in [9.17, 15) is 4.79 Å². The van der Waals surface area contributed by atoms with Gasteiger partial charge in [0.1, 0.15) is 17.0 Å². The Morgan fingerprint density at radius 2 is 2.12 bits per heavy atom. The van der Waals surface area contributed by atoms with Crippen LogP contribution in [0.3, 0.4) is 0 Å². The summed E-state index contributed by atoms with van der Waals surface area (Å²) in [7, 11) is 0. The highest BCUT2D eigenvalue weighted by Crippen LogP contribution is 2.39. The lowest BCUT2D eigenvalue weighted by atomic mass is 9.91. The van der Waals surface area contributed by atoms with E-state index in [1.807, 2.05) is 29.2 Å². The molecule has 5 rings (SSSR count). The molecular weight excluding hydrogens is 326 g/mol. The molecule has 1 N–H and O–H groups in total. The largest absolute Gasteiger partial charge is 0.483 e. The Labute approximate surface area is 153 Å². The minimum absolute atomic E-state index is 0.0328. The Bertz CT molecular complexity index is 868. The van der Waals surface area contributed by atoms with Crippen LogP contribution in [0.5, 0.6) is 5.75 Å². The van der Waals surface area contributed by atoms with E-state index >= 15 is 0 Å². The van der Waals surface area contributed by atoms with Gasteiger partial charge in [0.05, 0.1) is 0 Å². The van der Waals surface area contributed by atoms with Gasteiger partial charge in [-0.2, -0.15) is 5.10 Å². The number of aromatic nitrogens is 2. The van der Waals surface area contributed by atoms with Crippen LogP contribution in [0.25, 0.3) is 6.08 Å². The molecule has 1 unspecified atom stereocenters. The average molecular weight is 349 g/mol. The fourth-order valence-electron chi connectivity index (χ4n) is 4.02. The first-order valence-corrected chi connectivity index (χ1v) is 9.54.